The molecule has 0 aromatic carbocycles. The lowest BCUT2D eigenvalue weighted by molar-refractivity contribution is -0.00206. The van der Waals surface area contributed by atoms with Gasteiger partial charge in [-0.1, -0.05) is 0 Å². The number of alkyl halides is 1. The van der Waals surface area contributed by atoms with Gasteiger partial charge >= 0.3 is 0 Å². The maximum absolute atomic E-state index is 13.0. The minimum Gasteiger partial charge on any atom is -0.378 e. The lowest BCUT2D eigenvalue weighted by atomic mass is 10.0. The van der Waals surface area contributed by atoms with Crippen molar-refractivity contribution >= 4 is 0 Å². The van der Waals surface area contributed by atoms with Gasteiger partial charge < -0.3 is 10.1 Å². The van der Waals surface area contributed by atoms with E-state index in [2.05, 4.69) is 5.32 Å². The first-order valence-electron chi connectivity index (χ1n) is 4.73. The Balaban J connectivity index is 2.11. The number of hydrogen-bond acceptors (Lipinski definition) is 2. The zero-order chi connectivity index (χ0) is 8.81. The third-order valence-electron chi connectivity index (χ3n) is 2.22. The molecule has 1 aliphatic heterocycles. The van der Waals surface area contributed by atoms with Crippen LogP contribution in [0.25, 0.3) is 0 Å². The molecule has 2 nitrogen and oxygen atoms in total. The molecule has 0 radical (unpaired) electrons. The molecule has 0 spiro atoms. The van der Waals surface area contributed by atoms with Crippen molar-refractivity contribution in [3.63, 3.8) is 0 Å². The van der Waals surface area contributed by atoms with Gasteiger partial charge in [-0.3, -0.25) is 0 Å². The van der Waals surface area contributed by atoms with Crippen LogP contribution in [0, 0.1) is 0 Å². The summed E-state index contributed by atoms with van der Waals surface area (Å²) in [6, 6.07) is 0. The summed E-state index contributed by atoms with van der Waals surface area (Å²) >= 11 is 0. The molecule has 1 aliphatic rings. The predicted molar refractivity (Wildman–Crippen MR) is 47.0 cm³/mol. The van der Waals surface area contributed by atoms with Crippen LogP contribution in [0.5, 0.6) is 0 Å². The summed E-state index contributed by atoms with van der Waals surface area (Å²) in [5, 5.41) is 2.83. The highest BCUT2D eigenvalue weighted by atomic mass is 19.1. The highest BCUT2D eigenvalue weighted by Crippen LogP contribution is 2.17. The van der Waals surface area contributed by atoms with Crippen LogP contribution in [0.1, 0.15) is 25.7 Å². The van der Waals surface area contributed by atoms with E-state index in [4.69, 9.17) is 4.74 Å². The first-order chi connectivity index (χ1) is 5.83. The SMILES string of the molecule is CNCC(F)CC1CCCCO1. The van der Waals surface area contributed by atoms with Crippen LogP contribution in [0.2, 0.25) is 0 Å². The van der Waals surface area contributed by atoms with Crippen LogP contribution < -0.4 is 5.32 Å². The molecule has 1 rings (SSSR count). The third kappa shape index (κ3) is 3.50. The summed E-state index contributed by atoms with van der Waals surface area (Å²) in [5.41, 5.74) is 0. The summed E-state index contributed by atoms with van der Waals surface area (Å²) in [4.78, 5) is 0. The number of nitrogens with one attached hydrogen (secondary N) is 1. The standard InChI is InChI=1S/C9H18FNO/c1-11-7-8(10)6-9-4-2-3-5-12-9/h8-9,11H,2-7H2,1H3. The summed E-state index contributed by atoms with van der Waals surface area (Å²) in [5.74, 6) is 0. The van der Waals surface area contributed by atoms with Crippen molar-refractivity contribution in [2.24, 2.45) is 0 Å². The molecule has 2 unspecified atom stereocenters. The smallest absolute Gasteiger partial charge is 0.115 e. The van der Waals surface area contributed by atoms with E-state index in [-0.39, 0.29) is 6.10 Å². The average molecular weight is 175 g/mol. The van der Waals surface area contributed by atoms with Crippen molar-refractivity contribution in [2.45, 2.75) is 38.0 Å². The second-order valence-corrected chi connectivity index (χ2v) is 3.38. The molecule has 1 heterocycles. The molecule has 0 aromatic heterocycles. The molecule has 2 atom stereocenters. The maximum Gasteiger partial charge on any atom is 0.115 e. The lowest BCUT2D eigenvalue weighted by Crippen LogP contribution is -2.28. The molecule has 72 valence electrons. The van der Waals surface area contributed by atoms with E-state index in [1.54, 1.807) is 7.05 Å². The molecular formula is C9H18FNO. The topological polar surface area (TPSA) is 21.3 Å². The molecule has 1 N–H and O–H groups in total. The fraction of sp³-hybridized carbons (Fsp3) is 1.00. The second-order valence-electron chi connectivity index (χ2n) is 3.38. The molecule has 1 saturated heterocycles. The number of halogens is 1. The van der Waals surface area contributed by atoms with E-state index >= 15 is 0 Å². The molecule has 0 saturated carbocycles. The largest absolute Gasteiger partial charge is 0.378 e. The van der Waals surface area contributed by atoms with Crippen molar-refractivity contribution in [1.82, 2.24) is 5.32 Å². The summed E-state index contributed by atoms with van der Waals surface area (Å²) < 4.78 is 18.5. The van der Waals surface area contributed by atoms with Crippen molar-refractivity contribution in [2.75, 3.05) is 20.2 Å². The Hall–Kier alpha value is -0.150. The number of rotatable bonds is 4. The Morgan fingerprint density at radius 1 is 1.58 bits per heavy atom. The normalized spacial score (nSPS) is 27.0. The van der Waals surface area contributed by atoms with Crippen LogP contribution in [-0.4, -0.2) is 32.5 Å². The minimum absolute atomic E-state index is 0.169. The highest BCUT2D eigenvalue weighted by Gasteiger charge is 2.18. The Labute approximate surface area is 73.5 Å². The van der Waals surface area contributed by atoms with Gasteiger partial charge in [0.25, 0.3) is 0 Å². The van der Waals surface area contributed by atoms with Crippen LogP contribution in [0.4, 0.5) is 4.39 Å². The van der Waals surface area contributed by atoms with Gasteiger partial charge in [0.1, 0.15) is 6.17 Å². The Kier molecular flexibility index (Phi) is 4.54. The average Bonchev–Trinajstić information content (AvgIpc) is 2.06. The molecule has 0 amide bonds. The van der Waals surface area contributed by atoms with E-state index in [0.29, 0.717) is 13.0 Å². The Morgan fingerprint density at radius 3 is 3.00 bits per heavy atom. The van der Waals surface area contributed by atoms with Crippen molar-refractivity contribution in [1.29, 1.82) is 0 Å². The zero-order valence-corrected chi connectivity index (χ0v) is 7.68. The van der Waals surface area contributed by atoms with E-state index in [1.165, 1.54) is 6.42 Å². The Bertz CT molecular complexity index is 115. The summed E-state index contributed by atoms with van der Waals surface area (Å²) in [6.07, 6.45) is 3.33. The highest BCUT2D eigenvalue weighted by molar-refractivity contribution is 4.69. The maximum atomic E-state index is 13.0. The second kappa shape index (κ2) is 5.49. The monoisotopic (exact) mass is 175 g/mol. The molecule has 3 heteroatoms. The quantitative estimate of drug-likeness (QED) is 0.699. The minimum atomic E-state index is -0.752. The number of ether oxygens (including phenoxy) is 1. The van der Waals surface area contributed by atoms with Crippen LogP contribution >= 0.6 is 0 Å². The van der Waals surface area contributed by atoms with E-state index < -0.39 is 6.17 Å². The van der Waals surface area contributed by atoms with Gasteiger partial charge in [0.15, 0.2) is 0 Å². The van der Waals surface area contributed by atoms with Crippen molar-refractivity contribution in [3.05, 3.63) is 0 Å². The van der Waals surface area contributed by atoms with Crippen LogP contribution in [-0.2, 0) is 4.74 Å². The van der Waals surface area contributed by atoms with E-state index in [0.717, 1.165) is 19.4 Å². The van der Waals surface area contributed by atoms with Gasteiger partial charge in [-0.15, -0.1) is 0 Å². The Morgan fingerprint density at radius 2 is 2.42 bits per heavy atom. The van der Waals surface area contributed by atoms with Gasteiger partial charge in [-0.05, 0) is 26.3 Å². The van der Waals surface area contributed by atoms with Gasteiger partial charge in [-0.25, -0.2) is 4.39 Å². The first kappa shape index (κ1) is 9.93. The fourth-order valence-electron chi connectivity index (χ4n) is 1.58. The third-order valence-corrected chi connectivity index (χ3v) is 2.22. The summed E-state index contributed by atoms with van der Waals surface area (Å²) in [7, 11) is 1.77. The van der Waals surface area contributed by atoms with E-state index in [1.807, 2.05) is 0 Å². The molecule has 1 fully saturated rings. The van der Waals surface area contributed by atoms with Crippen LogP contribution in [0.15, 0.2) is 0 Å². The van der Waals surface area contributed by atoms with E-state index in [9.17, 15) is 4.39 Å². The molecule has 0 aliphatic carbocycles. The molecular weight excluding hydrogens is 157 g/mol. The van der Waals surface area contributed by atoms with Crippen LogP contribution in [0.3, 0.4) is 0 Å². The summed E-state index contributed by atoms with van der Waals surface area (Å²) in [6.45, 7) is 1.26. The molecule has 12 heavy (non-hydrogen) atoms. The first-order valence-corrected chi connectivity index (χ1v) is 4.73. The fourth-order valence-corrected chi connectivity index (χ4v) is 1.58. The molecule has 0 aromatic rings. The van der Waals surface area contributed by atoms with Gasteiger partial charge in [0.2, 0.25) is 0 Å². The van der Waals surface area contributed by atoms with Crippen molar-refractivity contribution in [3.8, 4) is 0 Å². The van der Waals surface area contributed by atoms with Gasteiger partial charge in [0, 0.05) is 19.6 Å². The van der Waals surface area contributed by atoms with Crippen molar-refractivity contribution < 1.29 is 9.13 Å². The van der Waals surface area contributed by atoms with Gasteiger partial charge in [0.05, 0.1) is 6.10 Å². The zero-order valence-electron chi connectivity index (χ0n) is 7.68. The lowest BCUT2D eigenvalue weighted by Gasteiger charge is -2.23. The number of hydrogen-bond donors (Lipinski definition) is 1. The van der Waals surface area contributed by atoms with Gasteiger partial charge in [-0.2, -0.15) is 0 Å². The molecule has 0 bridgehead atoms. The predicted octanol–water partition coefficient (Wildman–Crippen LogP) is 1.50.